The Labute approximate surface area is 226 Å². The van der Waals surface area contributed by atoms with Gasteiger partial charge < -0.3 is 15.8 Å². The van der Waals surface area contributed by atoms with Crippen LogP contribution >= 0.6 is 0 Å². The summed E-state index contributed by atoms with van der Waals surface area (Å²) in [7, 11) is -3.86. The minimum Gasteiger partial charge on any atom is -0.474 e. The zero-order valence-corrected chi connectivity index (χ0v) is 23.5. The van der Waals surface area contributed by atoms with Gasteiger partial charge in [0.15, 0.2) is 15.7 Å². The van der Waals surface area contributed by atoms with Crippen LogP contribution in [0.15, 0.2) is 29.2 Å². The number of benzene rings is 1. The largest absolute Gasteiger partial charge is 0.474 e. The lowest BCUT2D eigenvalue weighted by Crippen LogP contribution is -2.32. The molecule has 3 N–H and O–H groups in total. The molecule has 1 aliphatic carbocycles. The fourth-order valence-corrected chi connectivity index (χ4v) is 5.55. The van der Waals surface area contributed by atoms with Crippen LogP contribution in [0.3, 0.4) is 0 Å². The van der Waals surface area contributed by atoms with E-state index in [2.05, 4.69) is 31.1 Å². The van der Waals surface area contributed by atoms with E-state index in [0.717, 1.165) is 31.2 Å². The van der Waals surface area contributed by atoms with E-state index >= 15 is 0 Å². The number of carbonyl (C=O) groups is 1. The standard InChI is InChI=1S/C27H35F4N3O4S/c1-15(19-11-12-20(39(5,36)37)22(28)23(19)32)24(35)33-14-16-6-13-21(27(29,30)31)34-25(16)38-18-9-7-17(8-10-18)26(2,3)4/h6,11-13,15,17-18H,7-10,14,32H2,1-5H3,(H,33,35). The predicted molar refractivity (Wildman–Crippen MR) is 139 cm³/mol. The highest BCUT2D eigenvalue weighted by Gasteiger charge is 2.35. The number of nitrogens with zero attached hydrogens (tertiary/aromatic N) is 1. The summed E-state index contributed by atoms with van der Waals surface area (Å²) in [5.41, 5.74) is 4.69. The average molecular weight is 574 g/mol. The first kappa shape index (κ1) is 30.6. The van der Waals surface area contributed by atoms with Gasteiger partial charge in [-0.05, 0) is 67.7 Å². The van der Waals surface area contributed by atoms with Crippen molar-refractivity contribution in [1.82, 2.24) is 10.3 Å². The first-order valence-electron chi connectivity index (χ1n) is 12.7. The number of ether oxygens (including phenoxy) is 1. The molecule has 0 aliphatic heterocycles. The van der Waals surface area contributed by atoms with E-state index in [9.17, 15) is 30.8 Å². The van der Waals surface area contributed by atoms with E-state index in [1.807, 2.05) is 0 Å². The highest BCUT2D eigenvalue weighted by atomic mass is 32.2. The molecule has 0 radical (unpaired) electrons. The van der Waals surface area contributed by atoms with Gasteiger partial charge >= 0.3 is 6.18 Å². The first-order valence-corrected chi connectivity index (χ1v) is 14.6. The van der Waals surface area contributed by atoms with Gasteiger partial charge in [0, 0.05) is 18.4 Å². The fourth-order valence-electron chi connectivity index (χ4n) is 4.80. The summed E-state index contributed by atoms with van der Waals surface area (Å²) < 4.78 is 84.1. The van der Waals surface area contributed by atoms with Gasteiger partial charge in [0.25, 0.3) is 0 Å². The van der Waals surface area contributed by atoms with Crippen LogP contribution in [0.2, 0.25) is 0 Å². The third kappa shape index (κ3) is 7.40. The van der Waals surface area contributed by atoms with Crippen LogP contribution in [0, 0.1) is 17.2 Å². The lowest BCUT2D eigenvalue weighted by molar-refractivity contribution is -0.141. The van der Waals surface area contributed by atoms with E-state index in [-0.39, 0.29) is 35.1 Å². The lowest BCUT2D eigenvalue weighted by Gasteiger charge is -2.37. The number of nitrogens with one attached hydrogen (secondary N) is 1. The number of rotatable bonds is 7. The van der Waals surface area contributed by atoms with Crippen LogP contribution in [-0.4, -0.2) is 31.7 Å². The van der Waals surface area contributed by atoms with Crippen LogP contribution in [0.25, 0.3) is 0 Å². The number of amides is 1. The topological polar surface area (TPSA) is 111 Å². The van der Waals surface area contributed by atoms with E-state index in [4.69, 9.17) is 10.5 Å². The van der Waals surface area contributed by atoms with Crippen LogP contribution in [0.4, 0.5) is 23.2 Å². The second-order valence-electron chi connectivity index (χ2n) is 11.2. The molecule has 7 nitrogen and oxygen atoms in total. The number of nitrogen functional groups attached to an aromatic ring is 1. The second-order valence-corrected chi connectivity index (χ2v) is 13.2. The van der Waals surface area contributed by atoms with Gasteiger partial charge in [-0.25, -0.2) is 17.8 Å². The van der Waals surface area contributed by atoms with Gasteiger partial charge in [0.2, 0.25) is 11.8 Å². The van der Waals surface area contributed by atoms with E-state index in [1.54, 1.807) is 0 Å². The van der Waals surface area contributed by atoms with Crippen molar-refractivity contribution in [2.75, 3.05) is 12.0 Å². The van der Waals surface area contributed by atoms with Crippen molar-refractivity contribution in [1.29, 1.82) is 0 Å². The number of hydrogen-bond donors (Lipinski definition) is 2. The average Bonchev–Trinajstić information content (AvgIpc) is 2.82. The Morgan fingerprint density at radius 1 is 1.13 bits per heavy atom. The fraction of sp³-hybridized carbons (Fsp3) is 0.556. The first-order chi connectivity index (χ1) is 17.9. The number of aromatic nitrogens is 1. The van der Waals surface area contributed by atoms with Crippen molar-refractivity contribution in [3.63, 3.8) is 0 Å². The maximum absolute atomic E-state index is 14.6. The normalized spacial score (nSPS) is 19.4. The summed E-state index contributed by atoms with van der Waals surface area (Å²) in [5, 5.41) is 2.62. The molecule has 1 saturated carbocycles. The Kier molecular flexibility index (Phi) is 8.88. The van der Waals surface area contributed by atoms with Crippen LogP contribution in [0.5, 0.6) is 5.88 Å². The summed E-state index contributed by atoms with van der Waals surface area (Å²) in [6.07, 6.45) is -1.01. The minimum absolute atomic E-state index is 0.0787. The molecule has 0 saturated heterocycles. The van der Waals surface area contributed by atoms with Gasteiger partial charge in [-0.1, -0.05) is 26.8 Å². The molecule has 39 heavy (non-hydrogen) atoms. The van der Waals surface area contributed by atoms with Crippen molar-refractivity contribution in [2.24, 2.45) is 11.3 Å². The smallest absolute Gasteiger partial charge is 0.433 e. The third-order valence-corrected chi connectivity index (χ3v) is 8.41. The molecular weight excluding hydrogens is 538 g/mol. The Bertz CT molecular complexity index is 1320. The molecule has 3 rings (SSSR count). The second kappa shape index (κ2) is 11.3. The number of sulfone groups is 1. The number of hydrogen-bond acceptors (Lipinski definition) is 6. The molecule has 1 aromatic carbocycles. The molecule has 216 valence electrons. The number of halogens is 4. The number of alkyl halides is 3. The zero-order valence-electron chi connectivity index (χ0n) is 22.7. The summed E-state index contributed by atoms with van der Waals surface area (Å²) in [6, 6.07) is 4.35. The van der Waals surface area contributed by atoms with E-state index in [0.29, 0.717) is 18.8 Å². The maximum Gasteiger partial charge on any atom is 0.433 e. The van der Waals surface area contributed by atoms with E-state index in [1.165, 1.54) is 19.1 Å². The molecule has 1 unspecified atom stereocenters. The minimum atomic E-state index is -4.67. The molecule has 0 bridgehead atoms. The van der Waals surface area contributed by atoms with Gasteiger partial charge in [0.1, 0.15) is 16.7 Å². The molecule has 1 heterocycles. The summed E-state index contributed by atoms with van der Waals surface area (Å²) in [5.74, 6) is -2.42. The molecule has 2 aromatic rings. The van der Waals surface area contributed by atoms with Gasteiger partial charge in [0.05, 0.1) is 11.6 Å². The summed E-state index contributed by atoms with van der Waals surface area (Å²) in [6.45, 7) is 7.76. The monoisotopic (exact) mass is 573 g/mol. The van der Waals surface area contributed by atoms with Crippen LogP contribution in [-0.2, 0) is 27.4 Å². The number of anilines is 1. The van der Waals surface area contributed by atoms with Crippen molar-refractivity contribution < 1.29 is 35.5 Å². The maximum atomic E-state index is 14.6. The Hall–Kier alpha value is -2.89. The highest BCUT2D eigenvalue weighted by molar-refractivity contribution is 7.90. The van der Waals surface area contributed by atoms with E-state index < -0.39 is 49.9 Å². The molecule has 0 spiro atoms. The highest BCUT2D eigenvalue weighted by Crippen LogP contribution is 2.39. The molecule has 1 atom stereocenters. The van der Waals surface area contributed by atoms with Gasteiger partial charge in [-0.15, -0.1) is 0 Å². The quantitative estimate of drug-likeness (QED) is 0.328. The van der Waals surface area contributed by atoms with Crippen molar-refractivity contribution in [3.8, 4) is 5.88 Å². The molecule has 1 fully saturated rings. The molecule has 1 aliphatic rings. The third-order valence-electron chi connectivity index (χ3n) is 7.30. The summed E-state index contributed by atoms with van der Waals surface area (Å²) in [4.78, 5) is 16.0. The Morgan fingerprint density at radius 2 is 1.74 bits per heavy atom. The Morgan fingerprint density at radius 3 is 2.28 bits per heavy atom. The molecular formula is C27H35F4N3O4S. The van der Waals surface area contributed by atoms with Crippen LogP contribution < -0.4 is 15.8 Å². The van der Waals surface area contributed by atoms with Crippen molar-refractivity contribution >= 4 is 21.4 Å². The van der Waals surface area contributed by atoms with Crippen molar-refractivity contribution in [3.05, 3.63) is 46.9 Å². The number of pyridine rings is 1. The number of nitrogens with two attached hydrogens (primary N) is 1. The SMILES string of the molecule is CC(C(=O)NCc1ccc(C(F)(F)F)nc1OC1CCC(C(C)(C)C)CC1)c1ccc(S(C)(=O)=O)c(F)c1N. The lowest BCUT2D eigenvalue weighted by atomic mass is 9.72. The summed E-state index contributed by atoms with van der Waals surface area (Å²) >= 11 is 0. The predicted octanol–water partition coefficient (Wildman–Crippen LogP) is 5.63. The van der Waals surface area contributed by atoms with Crippen molar-refractivity contribution in [2.45, 2.75) is 83.0 Å². The molecule has 12 heteroatoms. The zero-order chi connectivity index (χ0) is 29.3. The number of carbonyl (C=O) groups excluding carboxylic acids is 1. The van der Waals surface area contributed by atoms with Gasteiger partial charge in [-0.2, -0.15) is 13.2 Å². The van der Waals surface area contributed by atoms with Crippen LogP contribution in [0.1, 0.15) is 76.1 Å². The Balaban J connectivity index is 1.77. The molecule has 1 amide bonds. The molecule has 1 aromatic heterocycles. The van der Waals surface area contributed by atoms with Gasteiger partial charge in [-0.3, -0.25) is 4.79 Å².